The van der Waals surface area contributed by atoms with Gasteiger partial charge in [0.1, 0.15) is 11.6 Å². The second-order valence-electron chi connectivity index (χ2n) is 9.58. The first-order valence-electron chi connectivity index (χ1n) is 11.2. The lowest BCUT2D eigenvalue weighted by Crippen LogP contribution is -2.48. The molecule has 174 valence electrons. The van der Waals surface area contributed by atoms with Crippen molar-refractivity contribution in [2.75, 3.05) is 35.2 Å². The quantitative estimate of drug-likeness (QED) is 0.754. The summed E-state index contributed by atoms with van der Waals surface area (Å²) < 4.78 is 40.4. The van der Waals surface area contributed by atoms with Crippen LogP contribution in [0.4, 0.5) is 30.8 Å². The summed E-state index contributed by atoms with van der Waals surface area (Å²) in [7, 11) is 0. The van der Waals surface area contributed by atoms with Crippen LogP contribution >= 0.6 is 0 Å². The lowest BCUT2D eigenvalue weighted by molar-refractivity contribution is -0.137. The molecule has 8 nitrogen and oxygen atoms in total. The number of hydrogen-bond donors (Lipinski definition) is 1. The molecule has 2 N–H and O–H groups in total. The van der Waals surface area contributed by atoms with Crippen LogP contribution in [0.3, 0.4) is 0 Å². The number of carbonyl (C=O) groups is 1. The summed E-state index contributed by atoms with van der Waals surface area (Å²) >= 11 is 0. The number of nitrogens with zero attached hydrogens (tertiary/aromatic N) is 6. The third kappa shape index (κ3) is 3.27. The van der Waals surface area contributed by atoms with Gasteiger partial charge < -0.3 is 20.4 Å². The van der Waals surface area contributed by atoms with E-state index in [1.54, 1.807) is 13.0 Å². The molecule has 33 heavy (non-hydrogen) atoms. The number of hydrogen-bond acceptors (Lipinski definition) is 7. The summed E-state index contributed by atoms with van der Waals surface area (Å²) in [6.07, 6.45) is -0.201. The van der Waals surface area contributed by atoms with Gasteiger partial charge in [-0.05, 0) is 31.2 Å². The Morgan fingerprint density at radius 3 is 2.42 bits per heavy atom. The first kappa shape index (κ1) is 20.5. The van der Waals surface area contributed by atoms with Crippen LogP contribution in [-0.4, -0.2) is 63.5 Å². The molecule has 2 aromatic heterocycles. The molecule has 5 fully saturated rings. The van der Waals surface area contributed by atoms with E-state index in [1.807, 2.05) is 4.90 Å². The molecule has 4 bridgehead atoms. The lowest BCUT2D eigenvalue weighted by Gasteiger charge is -2.35. The van der Waals surface area contributed by atoms with E-state index in [0.717, 1.165) is 31.9 Å². The average molecular weight is 459 g/mol. The molecule has 1 unspecified atom stereocenters. The zero-order valence-electron chi connectivity index (χ0n) is 18.1. The Labute approximate surface area is 188 Å². The molecular formula is C22H24F3N7O. The van der Waals surface area contributed by atoms with E-state index < -0.39 is 17.6 Å². The Hall–Kier alpha value is -3.11. The fourth-order valence-corrected chi connectivity index (χ4v) is 5.80. The zero-order chi connectivity index (χ0) is 23.1. The predicted octanol–water partition coefficient (Wildman–Crippen LogP) is 2.55. The fraction of sp³-hybridized carbons (Fsp3) is 0.545. The van der Waals surface area contributed by atoms with E-state index in [1.165, 1.54) is 6.20 Å². The summed E-state index contributed by atoms with van der Waals surface area (Å²) in [5.41, 5.74) is 5.18. The maximum atomic E-state index is 13.5. The molecule has 7 rings (SSSR count). The van der Waals surface area contributed by atoms with Crippen molar-refractivity contribution in [2.24, 2.45) is 5.92 Å². The number of alkyl halides is 3. The molecule has 4 aliphatic heterocycles. The molecule has 0 radical (unpaired) electrons. The van der Waals surface area contributed by atoms with Crippen LogP contribution in [0.5, 0.6) is 0 Å². The monoisotopic (exact) mass is 459 g/mol. The highest BCUT2D eigenvalue weighted by Gasteiger charge is 2.46. The van der Waals surface area contributed by atoms with Gasteiger partial charge in [-0.3, -0.25) is 4.79 Å². The van der Waals surface area contributed by atoms with Gasteiger partial charge in [-0.15, -0.1) is 0 Å². The van der Waals surface area contributed by atoms with Crippen molar-refractivity contribution < 1.29 is 18.0 Å². The largest absolute Gasteiger partial charge is 0.419 e. The van der Waals surface area contributed by atoms with Gasteiger partial charge in [0.25, 0.3) is 0 Å². The van der Waals surface area contributed by atoms with Gasteiger partial charge in [0.15, 0.2) is 0 Å². The summed E-state index contributed by atoms with van der Waals surface area (Å²) in [6, 6.07) is 3.39. The number of aromatic nitrogens is 3. The Balaban J connectivity index is 1.40. The molecule has 6 heterocycles. The number of amides is 1. The Morgan fingerprint density at radius 1 is 1.03 bits per heavy atom. The number of nitrogens with two attached hydrogens (primary N) is 1. The standard InChI is InChI=1S/C22H24F3N7O/c1-11(33)30-9-16-5-15(30)10-31(16)19-6-18(13-4-17(22(23,24)25)20(26)27-7-13)28-21(29-19)32-8-12-2-14(32)3-12/h4,6-7,12,14-16H,2-3,5,8-10H2,1H3,(H2,26,27)/t12?,14?,15?,16-/m0/s1. The minimum absolute atomic E-state index is 0.0655. The zero-order valence-corrected chi connectivity index (χ0v) is 18.1. The van der Waals surface area contributed by atoms with E-state index in [2.05, 4.69) is 19.8 Å². The fourth-order valence-electron chi connectivity index (χ4n) is 5.80. The van der Waals surface area contributed by atoms with Crippen LogP contribution in [0.25, 0.3) is 11.3 Å². The van der Waals surface area contributed by atoms with E-state index in [4.69, 9.17) is 10.7 Å². The number of pyridine rings is 1. The van der Waals surface area contributed by atoms with E-state index in [-0.39, 0.29) is 23.6 Å². The summed E-state index contributed by atoms with van der Waals surface area (Å²) in [6.45, 7) is 3.73. The number of likely N-dealkylation sites (tertiary alicyclic amines) is 1. The van der Waals surface area contributed by atoms with Crippen molar-refractivity contribution in [3.63, 3.8) is 0 Å². The molecule has 2 atom stereocenters. The van der Waals surface area contributed by atoms with Crippen LogP contribution < -0.4 is 15.5 Å². The van der Waals surface area contributed by atoms with Crippen LogP contribution in [0.1, 0.15) is 31.7 Å². The molecule has 1 aliphatic carbocycles. The van der Waals surface area contributed by atoms with Gasteiger partial charge in [-0.25, -0.2) is 9.97 Å². The number of fused-ring (bicyclic) bond motifs is 3. The molecule has 5 aliphatic rings. The van der Waals surface area contributed by atoms with E-state index in [0.29, 0.717) is 42.5 Å². The summed E-state index contributed by atoms with van der Waals surface area (Å²) in [4.78, 5) is 31.4. The highest BCUT2D eigenvalue weighted by Crippen LogP contribution is 2.44. The highest BCUT2D eigenvalue weighted by atomic mass is 19.4. The molecule has 1 saturated carbocycles. The minimum Gasteiger partial charge on any atom is -0.383 e. The maximum absolute atomic E-state index is 13.5. The smallest absolute Gasteiger partial charge is 0.383 e. The van der Waals surface area contributed by atoms with Crippen molar-refractivity contribution in [1.29, 1.82) is 0 Å². The third-order valence-corrected chi connectivity index (χ3v) is 7.52. The summed E-state index contributed by atoms with van der Waals surface area (Å²) in [5.74, 6) is 1.37. The molecule has 0 spiro atoms. The van der Waals surface area contributed by atoms with Crippen LogP contribution in [-0.2, 0) is 11.0 Å². The molecule has 2 aromatic rings. The normalized spacial score (nSPS) is 27.9. The number of carbonyl (C=O) groups excluding carboxylic acids is 1. The van der Waals surface area contributed by atoms with Crippen molar-refractivity contribution >= 4 is 23.5 Å². The SMILES string of the molecule is CC(=O)N1C[C@@H]2CC1CN2c1cc(-c2cnc(N)c(C(F)(F)F)c2)nc(N2CC3CC2C3)n1. The Kier molecular flexibility index (Phi) is 4.31. The van der Waals surface area contributed by atoms with Gasteiger partial charge in [-0.1, -0.05) is 0 Å². The average Bonchev–Trinajstić information content (AvgIpc) is 3.51. The van der Waals surface area contributed by atoms with Crippen molar-refractivity contribution in [3.8, 4) is 11.3 Å². The first-order chi connectivity index (χ1) is 15.7. The van der Waals surface area contributed by atoms with Crippen LogP contribution in [0, 0.1) is 5.92 Å². The first-order valence-corrected chi connectivity index (χ1v) is 11.2. The number of nitrogen functional groups attached to an aromatic ring is 1. The lowest BCUT2D eigenvalue weighted by atomic mass is 9.86. The molecule has 11 heteroatoms. The number of rotatable bonds is 3. The molecule has 0 aromatic carbocycles. The maximum Gasteiger partial charge on any atom is 0.419 e. The number of anilines is 3. The topological polar surface area (TPSA) is 91.5 Å². The molecule has 1 amide bonds. The second kappa shape index (κ2) is 6.94. The van der Waals surface area contributed by atoms with Crippen molar-refractivity contribution in [3.05, 3.63) is 23.9 Å². The van der Waals surface area contributed by atoms with Gasteiger partial charge in [0.05, 0.1) is 23.3 Å². The van der Waals surface area contributed by atoms with Crippen molar-refractivity contribution in [2.45, 2.75) is 50.5 Å². The van der Waals surface area contributed by atoms with Gasteiger partial charge in [0, 0.05) is 50.4 Å². The Morgan fingerprint density at radius 2 is 1.82 bits per heavy atom. The van der Waals surface area contributed by atoms with Gasteiger partial charge in [-0.2, -0.15) is 18.2 Å². The summed E-state index contributed by atoms with van der Waals surface area (Å²) in [5, 5.41) is 0. The van der Waals surface area contributed by atoms with Crippen LogP contribution in [0.2, 0.25) is 0 Å². The number of piperazine rings is 1. The molecular weight excluding hydrogens is 435 g/mol. The minimum atomic E-state index is -4.60. The predicted molar refractivity (Wildman–Crippen MR) is 115 cm³/mol. The third-order valence-electron chi connectivity index (χ3n) is 7.52. The van der Waals surface area contributed by atoms with Crippen LogP contribution in [0.15, 0.2) is 18.3 Å². The van der Waals surface area contributed by atoms with E-state index in [9.17, 15) is 18.0 Å². The Bertz CT molecular complexity index is 1130. The van der Waals surface area contributed by atoms with Crippen molar-refractivity contribution in [1.82, 2.24) is 19.9 Å². The van der Waals surface area contributed by atoms with Gasteiger partial charge in [0.2, 0.25) is 11.9 Å². The highest BCUT2D eigenvalue weighted by molar-refractivity contribution is 5.75. The van der Waals surface area contributed by atoms with E-state index >= 15 is 0 Å². The second-order valence-corrected chi connectivity index (χ2v) is 9.58. The van der Waals surface area contributed by atoms with Gasteiger partial charge >= 0.3 is 6.18 Å². The number of halogens is 3. The molecule has 4 saturated heterocycles.